The molecule has 1 amide bonds. The Morgan fingerprint density at radius 3 is 2.52 bits per heavy atom. The fraction of sp³-hybridized carbons (Fsp3) is 0.250. The molecule has 0 aliphatic carbocycles. The molecule has 7 nitrogen and oxygen atoms in total. The molecule has 7 heteroatoms. The number of ether oxygens (including phenoxy) is 1. The second-order valence-corrected chi connectivity index (χ2v) is 6.21. The van der Waals surface area contributed by atoms with Crippen molar-refractivity contribution in [2.24, 2.45) is 0 Å². The number of aryl methyl sites for hydroxylation is 3. The number of carbonyl (C=O) groups excluding carboxylic acids is 2. The minimum absolute atomic E-state index is 0.0416. The zero-order valence-corrected chi connectivity index (χ0v) is 15.2. The van der Waals surface area contributed by atoms with Crippen molar-refractivity contribution in [3.05, 3.63) is 64.1 Å². The summed E-state index contributed by atoms with van der Waals surface area (Å²) in [5, 5.41) is 2.75. The largest absolute Gasteiger partial charge is 0.456 e. The maximum absolute atomic E-state index is 12.0. The monoisotopic (exact) mass is 368 g/mol. The van der Waals surface area contributed by atoms with E-state index in [1.807, 2.05) is 32.0 Å². The van der Waals surface area contributed by atoms with E-state index in [4.69, 9.17) is 9.15 Å². The van der Waals surface area contributed by atoms with Crippen molar-refractivity contribution >= 4 is 28.7 Å². The van der Waals surface area contributed by atoms with Crippen molar-refractivity contribution in [1.82, 2.24) is 4.57 Å². The fourth-order valence-corrected chi connectivity index (χ4v) is 2.83. The quantitative estimate of drug-likeness (QED) is 0.676. The normalized spacial score (nSPS) is 10.7. The highest BCUT2D eigenvalue weighted by Gasteiger charge is 2.13. The van der Waals surface area contributed by atoms with Crippen LogP contribution in [-0.2, 0) is 20.9 Å². The summed E-state index contributed by atoms with van der Waals surface area (Å²) in [5.41, 5.74) is 3.66. The number of benzene rings is 2. The van der Waals surface area contributed by atoms with E-state index in [1.165, 1.54) is 4.57 Å². The molecule has 2 aromatic carbocycles. The fourth-order valence-electron chi connectivity index (χ4n) is 2.83. The Labute approximate surface area is 155 Å². The van der Waals surface area contributed by atoms with E-state index in [-0.39, 0.29) is 19.6 Å². The molecule has 0 aliphatic rings. The van der Waals surface area contributed by atoms with Crippen LogP contribution in [0.4, 0.5) is 5.69 Å². The molecule has 0 fully saturated rings. The number of fused-ring (bicyclic) bond motifs is 1. The van der Waals surface area contributed by atoms with Gasteiger partial charge in [0, 0.05) is 12.2 Å². The Morgan fingerprint density at radius 2 is 1.78 bits per heavy atom. The maximum atomic E-state index is 12.0. The average Bonchev–Trinajstić information content (AvgIpc) is 2.96. The number of rotatable bonds is 6. The standard InChI is InChI=1S/C20H20N2O5/c1-13-6-5-7-14(2)19(13)21-17(23)12-26-18(24)10-11-22-15-8-3-4-9-16(15)27-20(22)25/h3-9H,10-12H2,1-2H3,(H,21,23). The molecule has 0 aliphatic heterocycles. The van der Waals surface area contributed by atoms with E-state index in [1.54, 1.807) is 24.3 Å². The van der Waals surface area contributed by atoms with E-state index < -0.39 is 17.6 Å². The second-order valence-electron chi connectivity index (χ2n) is 6.21. The lowest BCUT2D eigenvalue weighted by Crippen LogP contribution is -2.23. The molecule has 3 rings (SSSR count). The first-order chi connectivity index (χ1) is 13.0. The molecule has 0 spiro atoms. The van der Waals surface area contributed by atoms with Gasteiger partial charge in [-0.1, -0.05) is 30.3 Å². The number of nitrogens with one attached hydrogen (secondary N) is 1. The lowest BCUT2D eigenvalue weighted by atomic mass is 10.1. The smallest absolute Gasteiger partial charge is 0.419 e. The number of amides is 1. The molecule has 0 atom stereocenters. The van der Waals surface area contributed by atoms with Gasteiger partial charge in [-0.25, -0.2) is 4.79 Å². The summed E-state index contributed by atoms with van der Waals surface area (Å²) >= 11 is 0. The molecular weight excluding hydrogens is 348 g/mol. The summed E-state index contributed by atoms with van der Waals surface area (Å²) in [6.07, 6.45) is -0.0416. The average molecular weight is 368 g/mol. The van der Waals surface area contributed by atoms with E-state index in [2.05, 4.69) is 5.32 Å². The lowest BCUT2D eigenvalue weighted by molar-refractivity contribution is -0.147. The van der Waals surface area contributed by atoms with Gasteiger partial charge in [0.2, 0.25) is 0 Å². The van der Waals surface area contributed by atoms with E-state index in [0.717, 1.165) is 16.8 Å². The Balaban J connectivity index is 1.53. The van der Waals surface area contributed by atoms with Crippen molar-refractivity contribution in [1.29, 1.82) is 0 Å². The van der Waals surface area contributed by atoms with Crippen LogP contribution in [0, 0.1) is 13.8 Å². The first kappa shape index (κ1) is 18.4. The third kappa shape index (κ3) is 4.25. The number of aromatic nitrogens is 1. The Hall–Kier alpha value is -3.35. The molecule has 3 aromatic rings. The van der Waals surface area contributed by atoms with Crippen molar-refractivity contribution in [3.8, 4) is 0 Å². The summed E-state index contributed by atoms with van der Waals surface area (Å²) in [6.45, 7) is 3.52. The SMILES string of the molecule is Cc1cccc(C)c1NC(=O)COC(=O)CCn1c(=O)oc2ccccc21. The maximum Gasteiger partial charge on any atom is 0.419 e. The third-order valence-corrected chi connectivity index (χ3v) is 4.22. The Morgan fingerprint density at radius 1 is 1.07 bits per heavy atom. The van der Waals surface area contributed by atoms with Gasteiger partial charge in [0.15, 0.2) is 12.2 Å². The Kier molecular flexibility index (Phi) is 5.40. The van der Waals surface area contributed by atoms with E-state index >= 15 is 0 Å². The molecule has 0 radical (unpaired) electrons. The van der Waals surface area contributed by atoms with Gasteiger partial charge in [0.25, 0.3) is 5.91 Å². The van der Waals surface area contributed by atoms with Gasteiger partial charge in [-0.15, -0.1) is 0 Å². The predicted molar refractivity (Wildman–Crippen MR) is 101 cm³/mol. The van der Waals surface area contributed by atoms with Crippen molar-refractivity contribution < 1.29 is 18.7 Å². The molecule has 140 valence electrons. The zero-order chi connectivity index (χ0) is 19.4. The van der Waals surface area contributed by atoms with E-state index in [9.17, 15) is 14.4 Å². The van der Waals surface area contributed by atoms with Gasteiger partial charge < -0.3 is 14.5 Å². The number of hydrogen-bond acceptors (Lipinski definition) is 5. The molecule has 1 heterocycles. The highest BCUT2D eigenvalue weighted by molar-refractivity contribution is 5.94. The van der Waals surface area contributed by atoms with Gasteiger partial charge >= 0.3 is 11.7 Å². The minimum atomic E-state index is -0.566. The number of anilines is 1. The molecule has 0 saturated heterocycles. The van der Waals surface area contributed by atoms with Crippen molar-refractivity contribution in [2.75, 3.05) is 11.9 Å². The highest BCUT2D eigenvalue weighted by Crippen LogP contribution is 2.19. The molecule has 27 heavy (non-hydrogen) atoms. The number of nitrogens with zero attached hydrogens (tertiary/aromatic N) is 1. The van der Waals surface area contributed by atoms with Crippen LogP contribution in [0.5, 0.6) is 0 Å². The van der Waals surface area contributed by atoms with Crippen LogP contribution in [-0.4, -0.2) is 23.1 Å². The number of carbonyl (C=O) groups is 2. The van der Waals surface area contributed by atoms with Crippen LogP contribution in [0.25, 0.3) is 11.1 Å². The van der Waals surface area contributed by atoms with Crippen molar-refractivity contribution in [2.45, 2.75) is 26.8 Å². The molecule has 1 aromatic heterocycles. The van der Waals surface area contributed by atoms with Gasteiger partial charge in [-0.2, -0.15) is 0 Å². The van der Waals surface area contributed by atoms with Crippen LogP contribution in [0.15, 0.2) is 51.7 Å². The van der Waals surface area contributed by atoms with Crippen LogP contribution >= 0.6 is 0 Å². The van der Waals surface area contributed by atoms with Crippen LogP contribution in [0.2, 0.25) is 0 Å². The van der Waals surface area contributed by atoms with Crippen molar-refractivity contribution in [3.63, 3.8) is 0 Å². The van der Waals surface area contributed by atoms with Gasteiger partial charge in [-0.05, 0) is 37.1 Å². The van der Waals surface area contributed by atoms with Gasteiger partial charge in [0.05, 0.1) is 11.9 Å². The molecular formula is C20H20N2O5. The zero-order valence-electron chi connectivity index (χ0n) is 15.2. The van der Waals surface area contributed by atoms with Crippen LogP contribution in [0.3, 0.4) is 0 Å². The summed E-state index contributed by atoms with van der Waals surface area (Å²) in [7, 11) is 0. The van der Waals surface area contributed by atoms with E-state index in [0.29, 0.717) is 11.1 Å². The molecule has 1 N–H and O–H groups in total. The lowest BCUT2D eigenvalue weighted by Gasteiger charge is -2.11. The number of esters is 1. The summed E-state index contributed by atoms with van der Waals surface area (Å²) in [5.74, 6) is -1.51. The van der Waals surface area contributed by atoms with Gasteiger partial charge in [-0.3, -0.25) is 14.2 Å². The first-order valence-corrected chi connectivity index (χ1v) is 8.56. The predicted octanol–water partition coefficient (Wildman–Crippen LogP) is 2.78. The highest BCUT2D eigenvalue weighted by atomic mass is 16.5. The van der Waals surface area contributed by atoms with Gasteiger partial charge in [0.1, 0.15) is 0 Å². The Bertz CT molecular complexity index is 1030. The summed E-state index contributed by atoms with van der Waals surface area (Å²) in [4.78, 5) is 35.8. The number of oxazole rings is 1. The molecule has 0 bridgehead atoms. The topological polar surface area (TPSA) is 90.5 Å². The van der Waals surface area contributed by atoms with Crippen LogP contribution < -0.4 is 11.1 Å². The molecule has 0 unspecified atom stereocenters. The number of hydrogen-bond donors (Lipinski definition) is 1. The minimum Gasteiger partial charge on any atom is -0.456 e. The summed E-state index contributed by atoms with van der Waals surface area (Å²) < 4.78 is 11.5. The molecule has 0 saturated carbocycles. The first-order valence-electron chi connectivity index (χ1n) is 8.56. The third-order valence-electron chi connectivity index (χ3n) is 4.22. The number of para-hydroxylation sites is 3. The second kappa shape index (κ2) is 7.90. The van der Waals surface area contributed by atoms with Crippen LogP contribution in [0.1, 0.15) is 17.5 Å². The summed E-state index contributed by atoms with van der Waals surface area (Å²) in [6, 6.07) is 12.7.